The minimum Gasteiger partial charge on any atom is -0.351 e. The summed E-state index contributed by atoms with van der Waals surface area (Å²) in [6.07, 6.45) is 0. The molecule has 0 atom stereocenters. The summed E-state index contributed by atoms with van der Waals surface area (Å²) in [6, 6.07) is 15.7. The normalized spacial score (nSPS) is 10.6. The van der Waals surface area contributed by atoms with Crippen LogP contribution in [0.15, 0.2) is 48.5 Å². The number of benzene rings is 2. The van der Waals surface area contributed by atoms with Crippen molar-refractivity contribution in [3.63, 3.8) is 0 Å². The zero-order valence-corrected chi connectivity index (χ0v) is 17.9. The van der Waals surface area contributed by atoms with Gasteiger partial charge in [-0.1, -0.05) is 41.9 Å². The molecule has 3 aromatic rings. The Morgan fingerprint density at radius 1 is 1.27 bits per heavy atom. The maximum atomic E-state index is 13.1. The van der Waals surface area contributed by atoms with Crippen molar-refractivity contribution in [2.45, 2.75) is 19.2 Å². The van der Waals surface area contributed by atoms with Crippen LogP contribution in [0.5, 0.6) is 0 Å². The maximum absolute atomic E-state index is 13.1. The SMILES string of the molecule is Cc1nn(Cc2ccc(F)cc2)c(Cl)c1C(=O)NCCSCc1ccccc1C#N. The van der Waals surface area contributed by atoms with Crippen LogP contribution in [-0.2, 0) is 12.3 Å². The van der Waals surface area contributed by atoms with Gasteiger partial charge in [-0.05, 0) is 36.2 Å². The summed E-state index contributed by atoms with van der Waals surface area (Å²) in [4.78, 5) is 12.6. The van der Waals surface area contributed by atoms with Gasteiger partial charge < -0.3 is 5.32 Å². The Morgan fingerprint density at radius 3 is 2.73 bits per heavy atom. The highest BCUT2D eigenvalue weighted by Crippen LogP contribution is 2.21. The third-order valence-electron chi connectivity index (χ3n) is 4.47. The summed E-state index contributed by atoms with van der Waals surface area (Å²) in [5.41, 5.74) is 3.37. The van der Waals surface area contributed by atoms with Gasteiger partial charge in [0.2, 0.25) is 0 Å². The number of rotatable bonds is 8. The van der Waals surface area contributed by atoms with Gasteiger partial charge >= 0.3 is 0 Å². The van der Waals surface area contributed by atoms with E-state index in [0.717, 1.165) is 11.1 Å². The number of amides is 1. The van der Waals surface area contributed by atoms with E-state index >= 15 is 0 Å². The van der Waals surface area contributed by atoms with Crippen molar-refractivity contribution in [2.75, 3.05) is 12.3 Å². The molecule has 2 aromatic carbocycles. The van der Waals surface area contributed by atoms with Gasteiger partial charge in [-0.2, -0.15) is 22.1 Å². The zero-order valence-electron chi connectivity index (χ0n) is 16.4. The summed E-state index contributed by atoms with van der Waals surface area (Å²) in [6.45, 7) is 2.55. The highest BCUT2D eigenvalue weighted by molar-refractivity contribution is 7.98. The quantitative estimate of drug-likeness (QED) is 0.519. The third kappa shape index (κ3) is 5.41. The summed E-state index contributed by atoms with van der Waals surface area (Å²) < 4.78 is 14.6. The molecule has 0 saturated heterocycles. The standard InChI is InChI=1S/C22H20ClFN4OS/c1-15-20(21(23)28(27-15)13-16-6-8-19(24)9-7-16)22(29)26-10-11-30-14-18-5-3-2-4-17(18)12-25/h2-9H,10-11,13-14H2,1H3,(H,26,29). The summed E-state index contributed by atoms with van der Waals surface area (Å²) in [7, 11) is 0. The number of hydrogen-bond acceptors (Lipinski definition) is 4. The van der Waals surface area contributed by atoms with Crippen molar-refractivity contribution < 1.29 is 9.18 Å². The largest absolute Gasteiger partial charge is 0.351 e. The molecule has 0 spiro atoms. The van der Waals surface area contributed by atoms with E-state index in [2.05, 4.69) is 16.5 Å². The highest BCUT2D eigenvalue weighted by atomic mass is 35.5. The van der Waals surface area contributed by atoms with Crippen LogP contribution in [0.2, 0.25) is 5.15 Å². The van der Waals surface area contributed by atoms with Crippen molar-refractivity contribution in [3.8, 4) is 6.07 Å². The van der Waals surface area contributed by atoms with E-state index in [9.17, 15) is 9.18 Å². The van der Waals surface area contributed by atoms with Crippen LogP contribution < -0.4 is 5.32 Å². The van der Waals surface area contributed by atoms with E-state index in [1.54, 1.807) is 36.9 Å². The van der Waals surface area contributed by atoms with Crippen LogP contribution in [0.4, 0.5) is 4.39 Å². The van der Waals surface area contributed by atoms with Gasteiger partial charge in [-0.25, -0.2) is 9.07 Å². The molecule has 1 heterocycles. The lowest BCUT2D eigenvalue weighted by atomic mass is 10.1. The number of carbonyl (C=O) groups excluding carboxylic acids is 1. The van der Waals surface area contributed by atoms with Crippen LogP contribution in [0.25, 0.3) is 0 Å². The van der Waals surface area contributed by atoms with E-state index in [-0.39, 0.29) is 16.9 Å². The van der Waals surface area contributed by atoms with E-state index < -0.39 is 0 Å². The zero-order chi connectivity index (χ0) is 21.5. The predicted octanol–water partition coefficient (Wildman–Crippen LogP) is 4.57. The minimum absolute atomic E-state index is 0.255. The number of nitrogens with one attached hydrogen (secondary N) is 1. The van der Waals surface area contributed by atoms with Gasteiger partial charge in [-0.3, -0.25) is 4.79 Å². The number of aryl methyl sites for hydroxylation is 1. The number of aromatic nitrogens is 2. The molecule has 154 valence electrons. The molecule has 1 N–H and O–H groups in total. The number of nitrogens with zero attached hydrogens (tertiary/aromatic N) is 3. The number of nitriles is 1. The van der Waals surface area contributed by atoms with Gasteiger partial charge in [0.25, 0.3) is 5.91 Å². The summed E-state index contributed by atoms with van der Waals surface area (Å²) >= 11 is 8.03. The van der Waals surface area contributed by atoms with Crippen molar-refractivity contribution in [1.82, 2.24) is 15.1 Å². The second kappa shape index (κ2) is 10.3. The molecule has 0 radical (unpaired) electrons. The molecule has 0 aliphatic carbocycles. The van der Waals surface area contributed by atoms with Crippen LogP contribution in [0.3, 0.4) is 0 Å². The monoisotopic (exact) mass is 442 g/mol. The molecule has 0 bridgehead atoms. The third-order valence-corrected chi connectivity index (χ3v) is 5.86. The van der Waals surface area contributed by atoms with Crippen molar-refractivity contribution >= 4 is 29.3 Å². The molecule has 0 unspecified atom stereocenters. The Hall–Kier alpha value is -2.82. The van der Waals surface area contributed by atoms with Crippen molar-refractivity contribution in [1.29, 1.82) is 5.26 Å². The topological polar surface area (TPSA) is 70.7 Å². The fraction of sp³-hybridized carbons (Fsp3) is 0.227. The molecular formula is C22H20ClFN4OS. The van der Waals surface area contributed by atoms with Crippen LogP contribution in [0, 0.1) is 24.1 Å². The first kappa shape index (κ1) is 21.9. The van der Waals surface area contributed by atoms with Gasteiger partial charge in [-0.15, -0.1) is 0 Å². The average Bonchev–Trinajstić information content (AvgIpc) is 3.02. The highest BCUT2D eigenvalue weighted by Gasteiger charge is 2.20. The van der Waals surface area contributed by atoms with E-state index in [4.69, 9.17) is 16.9 Å². The van der Waals surface area contributed by atoms with Crippen LogP contribution in [-0.4, -0.2) is 28.0 Å². The van der Waals surface area contributed by atoms with Gasteiger partial charge in [0.1, 0.15) is 11.0 Å². The van der Waals surface area contributed by atoms with Gasteiger partial charge in [0.05, 0.1) is 29.4 Å². The Labute approximate surface area is 183 Å². The van der Waals surface area contributed by atoms with Gasteiger partial charge in [0.15, 0.2) is 0 Å². The van der Waals surface area contributed by atoms with Crippen molar-refractivity contribution in [3.05, 3.63) is 87.4 Å². The summed E-state index contributed by atoms with van der Waals surface area (Å²) in [5, 5.41) is 16.6. The van der Waals surface area contributed by atoms with Crippen LogP contribution in [0.1, 0.15) is 32.7 Å². The maximum Gasteiger partial charge on any atom is 0.256 e. The lowest BCUT2D eigenvalue weighted by Gasteiger charge is -2.07. The molecule has 1 amide bonds. The molecule has 5 nitrogen and oxygen atoms in total. The smallest absolute Gasteiger partial charge is 0.256 e. The molecule has 8 heteroatoms. The molecule has 0 aliphatic heterocycles. The summed E-state index contributed by atoms with van der Waals surface area (Å²) in [5.74, 6) is 0.817. The fourth-order valence-electron chi connectivity index (χ4n) is 2.94. The first-order valence-corrected chi connectivity index (χ1v) is 10.8. The Morgan fingerprint density at radius 2 is 2.00 bits per heavy atom. The van der Waals surface area contributed by atoms with Crippen LogP contribution >= 0.6 is 23.4 Å². The Kier molecular flexibility index (Phi) is 7.50. The first-order chi connectivity index (χ1) is 14.5. The molecular weight excluding hydrogens is 423 g/mol. The Balaban J connectivity index is 1.53. The fourth-order valence-corrected chi connectivity index (χ4v) is 4.12. The molecule has 3 rings (SSSR count). The lowest BCUT2D eigenvalue weighted by molar-refractivity contribution is 0.0955. The molecule has 0 saturated carbocycles. The predicted molar refractivity (Wildman–Crippen MR) is 117 cm³/mol. The molecule has 1 aromatic heterocycles. The van der Waals surface area contributed by atoms with Crippen molar-refractivity contribution in [2.24, 2.45) is 0 Å². The average molecular weight is 443 g/mol. The lowest BCUT2D eigenvalue weighted by Crippen LogP contribution is -2.26. The van der Waals surface area contributed by atoms with Gasteiger partial charge in [0, 0.05) is 18.1 Å². The molecule has 0 fully saturated rings. The van der Waals surface area contributed by atoms with E-state index in [1.165, 1.54) is 16.8 Å². The number of hydrogen-bond donors (Lipinski definition) is 1. The van der Waals surface area contributed by atoms with E-state index in [0.29, 0.717) is 41.4 Å². The van der Waals surface area contributed by atoms with E-state index in [1.807, 2.05) is 18.2 Å². The second-order valence-corrected chi connectivity index (χ2v) is 8.08. The minimum atomic E-state index is -0.310. The number of thioether (sulfide) groups is 1. The molecule has 0 aliphatic rings. The number of carbonyl (C=O) groups is 1. The number of halogens is 2. The second-order valence-electron chi connectivity index (χ2n) is 6.61. The Bertz CT molecular complexity index is 1080. The first-order valence-electron chi connectivity index (χ1n) is 9.31. The molecule has 30 heavy (non-hydrogen) atoms.